The molecule has 0 spiro atoms. The molecular weight excluding hydrogens is 232 g/mol. The zero-order chi connectivity index (χ0) is 14.2. The lowest BCUT2D eigenvalue weighted by Crippen LogP contribution is -2.52. The van der Waals surface area contributed by atoms with Crippen LogP contribution in [0.5, 0.6) is 0 Å². The first-order valence-corrected chi connectivity index (χ1v) is 7.44. The van der Waals surface area contributed by atoms with Gasteiger partial charge in [0.1, 0.15) is 0 Å². The average Bonchev–Trinajstić information content (AvgIpc) is 2.35. The van der Waals surface area contributed by atoms with E-state index < -0.39 is 0 Å². The molecule has 3 atom stereocenters. The lowest BCUT2D eigenvalue weighted by molar-refractivity contribution is 0.314. The zero-order valence-corrected chi connectivity index (χ0v) is 13.0. The Morgan fingerprint density at radius 3 is 2.42 bits per heavy atom. The van der Waals surface area contributed by atoms with Gasteiger partial charge in [-0.3, -0.25) is 0 Å². The van der Waals surface area contributed by atoms with Crippen molar-refractivity contribution in [1.82, 2.24) is 0 Å². The fraction of sp³-hybridized carbons (Fsp3) is 0.647. The molecule has 1 aromatic rings. The van der Waals surface area contributed by atoms with Crippen molar-refractivity contribution in [3.8, 4) is 0 Å². The van der Waals surface area contributed by atoms with Crippen molar-refractivity contribution in [2.45, 2.75) is 58.5 Å². The third-order valence-electron chi connectivity index (χ3n) is 4.65. The molecule has 2 nitrogen and oxygen atoms in total. The molecule has 0 aliphatic carbocycles. The van der Waals surface area contributed by atoms with E-state index in [9.17, 15) is 0 Å². The molecule has 2 rings (SSSR count). The number of anilines is 1. The Morgan fingerprint density at radius 2 is 1.79 bits per heavy atom. The number of nitrogens with zero attached hydrogens (tertiary/aromatic N) is 1. The van der Waals surface area contributed by atoms with Gasteiger partial charge in [0.25, 0.3) is 0 Å². The molecule has 0 amide bonds. The largest absolute Gasteiger partial charge is 0.368 e. The topological polar surface area (TPSA) is 29.3 Å². The molecule has 0 bridgehead atoms. The van der Waals surface area contributed by atoms with Gasteiger partial charge in [0.05, 0.1) is 0 Å². The summed E-state index contributed by atoms with van der Waals surface area (Å²) in [4.78, 5) is 2.55. The van der Waals surface area contributed by atoms with Crippen LogP contribution in [0.4, 0.5) is 5.69 Å². The Morgan fingerprint density at radius 1 is 1.16 bits per heavy atom. The highest BCUT2D eigenvalue weighted by atomic mass is 15.2. The van der Waals surface area contributed by atoms with E-state index in [1.54, 1.807) is 0 Å². The molecule has 1 aromatic carbocycles. The normalized spacial score (nSPS) is 28.5. The molecule has 1 fully saturated rings. The van der Waals surface area contributed by atoms with E-state index in [2.05, 4.69) is 63.8 Å². The Kier molecular flexibility index (Phi) is 3.91. The van der Waals surface area contributed by atoms with E-state index in [0.29, 0.717) is 18.0 Å². The minimum atomic E-state index is 0.180. The van der Waals surface area contributed by atoms with Crippen molar-refractivity contribution >= 4 is 5.69 Å². The van der Waals surface area contributed by atoms with Crippen LogP contribution >= 0.6 is 0 Å². The van der Waals surface area contributed by atoms with Crippen LogP contribution in [0, 0.1) is 5.92 Å². The first-order valence-electron chi connectivity index (χ1n) is 7.44. The number of piperidine rings is 1. The Balaban J connectivity index is 2.37. The summed E-state index contributed by atoms with van der Waals surface area (Å²) in [6.45, 7) is 12.5. The Bertz CT molecular complexity index is 433. The predicted octanol–water partition coefficient (Wildman–Crippen LogP) is 3.55. The highest BCUT2D eigenvalue weighted by Gasteiger charge is 2.32. The fourth-order valence-electron chi connectivity index (χ4n) is 3.09. The maximum atomic E-state index is 6.21. The van der Waals surface area contributed by atoms with Crippen molar-refractivity contribution < 1.29 is 0 Å². The van der Waals surface area contributed by atoms with Gasteiger partial charge in [-0.05, 0) is 36.3 Å². The van der Waals surface area contributed by atoms with Crippen molar-refractivity contribution in [3.63, 3.8) is 0 Å². The highest BCUT2D eigenvalue weighted by molar-refractivity contribution is 5.57. The van der Waals surface area contributed by atoms with Gasteiger partial charge in [0.2, 0.25) is 0 Å². The second kappa shape index (κ2) is 5.16. The number of rotatable bonds is 1. The number of nitrogens with two attached hydrogens (primary N) is 1. The van der Waals surface area contributed by atoms with Crippen LogP contribution in [0.3, 0.4) is 0 Å². The van der Waals surface area contributed by atoms with E-state index in [-0.39, 0.29) is 5.41 Å². The number of benzene rings is 1. The second-order valence-electron chi connectivity index (χ2n) is 7.01. The maximum absolute atomic E-state index is 6.21. The van der Waals surface area contributed by atoms with Gasteiger partial charge in [0.15, 0.2) is 0 Å². The Labute approximate surface area is 118 Å². The van der Waals surface area contributed by atoms with E-state index in [1.165, 1.54) is 11.3 Å². The van der Waals surface area contributed by atoms with Crippen LogP contribution in [0.15, 0.2) is 24.3 Å². The molecule has 0 saturated carbocycles. The summed E-state index contributed by atoms with van der Waals surface area (Å²) >= 11 is 0. The van der Waals surface area contributed by atoms with Crippen LogP contribution in [-0.2, 0) is 5.41 Å². The van der Waals surface area contributed by atoms with Gasteiger partial charge in [0, 0.05) is 24.3 Å². The third kappa shape index (κ3) is 2.79. The summed E-state index contributed by atoms with van der Waals surface area (Å²) < 4.78 is 0. The molecule has 1 aliphatic heterocycles. The molecule has 0 radical (unpaired) electrons. The van der Waals surface area contributed by atoms with Crippen molar-refractivity contribution in [2.75, 3.05) is 11.4 Å². The smallest absolute Gasteiger partial charge is 0.0406 e. The van der Waals surface area contributed by atoms with Crippen LogP contribution < -0.4 is 10.6 Å². The summed E-state index contributed by atoms with van der Waals surface area (Å²) in [6, 6.07) is 9.67. The van der Waals surface area contributed by atoms with Crippen LogP contribution in [0.25, 0.3) is 0 Å². The summed E-state index contributed by atoms with van der Waals surface area (Å²) in [6.07, 6.45) is 1.09. The molecule has 3 unspecified atom stereocenters. The minimum absolute atomic E-state index is 0.180. The molecule has 1 aliphatic rings. The lowest BCUT2D eigenvalue weighted by Gasteiger charge is -2.44. The van der Waals surface area contributed by atoms with E-state index >= 15 is 0 Å². The molecule has 19 heavy (non-hydrogen) atoms. The molecule has 2 N–H and O–H groups in total. The SMILES string of the molecule is CC1C(N)CCN(c2ccccc2C(C)(C)C)C1C. The molecule has 106 valence electrons. The quantitative estimate of drug-likeness (QED) is 0.836. The molecule has 1 heterocycles. The van der Waals surface area contributed by atoms with Gasteiger partial charge in [-0.25, -0.2) is 0 Å². The standard InChI is InChI=1S/C17H28N2/c1-12-13(2)19(11-10-15(12)18)16-9-7-6-8-14(16)17(3,4)5/h6-9,12-13,15H,10-11,18H2,1-5H3. The molecule has 2 heteroatoms. The maximum Gasteiger partial charge on any atom is 0.0406 e. The first kappa shape index (κ1) is 14.4. The molecule has 1 saturated heterocycles. The van der Waals surface area contributed by atoms with Crippen molar-refractivity contribution in [1.29, 1.82) is 0 Å². The lowest BCUT2D eigenvalue weighted by atomic mass is 9.82. The first-order chi connectivity index (χ1) is 8.82. The van der Waals surface area contributed by atoms with Gasteiger partial charge >= 0.3 is 0 Å². The van der Waals surface area contributed by atoms with Crippen molar-refractivity contribution in [2.24, 2.45) is 11.7 Å². The van der Waals surface area contributed by atoms with Crippen LogP contribution in [0.2, 0.25) is 0 Å². The summed E-state index contributed by atoms with van der Waals surface area (Å²) in [5.74, 6) is 0.543. The van der Waals surface area contributed by atoms with Crippen LogP contribution in [-0.4, -0.2) is 18.6 Å². The minimum Gasteiger partial charge on any atom is -0.368 e. The van der Waals surface area contributed by atoms with E-state index in [0.717, 1.165) is 13.0 Å². The van der Waals surface area contributed by atoms with Gasteiger partial charge in [-0.1, -0.05) is 45.9 Å². The predicted molar refractivity (Wildman–Crippen MR) is 83.7 cm³/mol. The summed E-state index contributed by atoms with van der Waals surface area (Å²) in [5.41, 5.74) is 9.21. The van der Waals surface area contributed by atoms with Gasteiger partial charge in [-0.2, -0.15) is 0 Å². The monoisotopic (exact) mass is 260 g/mol. The highest BCUT2D eigenvalue weighted by Crippen LogP contribution is 2.36. The van der Waals surface area contributed by atoms with Gasteiger partial charge in [-0.15, -0.1) is 0 Å². The van der Waals surface area contributed by atoms with Gasteiger partial charge < -0.3 is 10.6 Å². The Hall–Kier alpha value is -1.02. The zero-order valence-electron chi connectivity index (χ0n) is 13.0. The van der Waals surface area contributed by atoms with E-state index in [1.807, 2.05) is 0 Å². The van der Waals surface area contributed by atoms with Crippen LogP contribution in [0.1, 0.15) is 46.6 Å². The average molecular weight is 260 g/mol. The summed E-state index contributed by atoms with van der Waals surface area (Å²) in [5, 5.41) is 0. The van der Waals surface area contributed by atoms with Crippen molar-refractivity contribution in [3.05, 3.63) is 29.8 Å². The van der Waals surface area contributed by atoms with E-state index in [4.69, 9.17) is 5.73 Å². The molecule has 0 aromatic heterocycles. The number of hydrogen-bond acceptors (Lipinski definition) is 2. The third-order valence-corrected chi connectivity index (χ3v) is 4.65. The second-order valence-corrected chi connectivity index (χ2v) is 7.01. The molecular formula is C17H28N2. The fourth-order valence-corrected chi connectivity index (χ4v) is 3.09. The summed E-state index contributed by atoms with van der Waals surface area (Å²) in [7, 11) is 0. The number of para-hydroxylation sites is 1. The number of hydrogen-bond donors (Lipinski definition) is 1.